The Morgan fingerprint density at radius 1 is 0.914 bits per heavy atom. The first-order valence-corrected chi connectivity index (χ1v) is 12.5. The highest BCUT2D eigenvalue weighted by atomic mass is 32.2. The zero-order valence-corrected chi connectivity index (χ0v) is 20.4. The minimum atomic E-state index is -3.74. The van der Waals surface area contributed by atoms with Crippen molar-refractivity contribution in [3.05, 3.63) is 78.0 Å². The number of hydrogen-bond donors (Lipinski definition) is 0. The summed E-state index contributed by atoms with van der Waals surface area (Å²) in [5.41, 5.74) is 1.44. The molecule has 0 unspecified atom stereocenters. The molecule has 0 saturated carbocycles. The van der Waals surface area contributed by atoms with Crippen LogP contribution >= 0.6 is 0 Å². The predicted octanol–water partition coefficient (Wildman–Crippen LogP) is 2.82. The van der Waals surface area contributed by atoms with Gasteiger partial charge in [-0.1, -0.05) is 30.3 Å². The standard InChI is InChI=1S/C25H27N3O6S/c1-32-22-9-8-21(17-23(22)33-2)35(30,31)28-14-12-27(13-15-28)25(29)20-10-11-26-24(16-20)34-18-19-6-4-3-5-7-19/h3-11,16-17H,12-15,18H2,1-2H3. The molecule has 0 bridgehead atoms. The highest BCUT2D eigenvalue weighted by Crippen LogP contribution is 2.31. The molecule has 35 heavy (non-hydrogen) atoms. The van der Waals surface area contributed by atoms with E-state index < -0.39 is 10.0 Å². The minimum absolute atomic E-state index is 0.115. The molecule has 1 aliphatic heterocycles. The smallest absolute Gasteiger partial charge is 0.254 e. The number of amides is 1. The van der Waals surface area contributed by atoms with E-state index in [-0.39, 0.29) is 37.0 Å². The fourth-order valence-corrected chi connectivity index (χ4v) is 5.23. The van der Waals surface area contributed by atoms with E-state index in [2.05, 4.69) is 4.98 Å². The zero-order valence-electron chi connectivity index (χ0n) is 19.6. The first-order chi connectivity index (χ1) is 16.9. The number of ether oxygens (including phenoxy) is 3. The predicted molar refractivity (Wildman–Crippen MR) is 129 cm³/mol. The zero-order chi connectivity index (χ0) is 24.8. The van der Waals surface area contributed by atoms with Gasteiger partial charge in [0.1, 0.15) is 6.61 Å². The molecule has 0 aliphatic carbocycles. The highest BCUT2D eigenvalue weighted by molar-refractivity contribution is 7.89. The number of carbonyl (C=O) groups excluding carboxylic acids is 1. The van der Waals surface area contributed by atoms with Gasteiger partial charge in [-0.2, -0.15) is 4.31 Å². The number of aromatic nitrogens is 1. The Kier molecular flexibility index (Phi) is 7.52. The molecular weight excluding hydrogens is 470 g/mol. The van der Waals surface area contributed by atoms with E-state index in [1.807, 2.05) is 30.3 Å². The molecule has 1 saturated heterocycles. The molecule has 0 N–H and O–H groups in total. The van der Waals surface area contributed by atoms with E-state index >= 15 is 0 Å². The summed E-state index contributed by atoms with van der Waals surface area (Å²) in [6.45, 7) is 1.26. The van der Waals surface area contributed by atoms with Crippen molar-refractivity contribution in [1.82, 2.24) is 14.2 Å². The SMILES string of the molecule is COc1ccc(S(=O)(=O)N2CCN(C(=O)c3ccnc(OCc4ccccc4)c3)CC2)cc1OC. The maximum atomic E-state index is 13.1. The van der Waals surface area contributed by atoms with E-state index in [0.29, 0.717) is 29.5 Å². The fraction of sp³-hybridized carbons (Fsp3) is 0.280. The van der Waals surface area contributed by atoms with E-state index in [9.17, 15) is 13.2 Å². The number of benzene rings is 2. The fourth-order valence-electron chi connectivity index (χ4n) is 3.79. The number of methoxy groups -OCH3 is 2. The lowest BCUT2D eigenvalue weighted by Crippen LogP contribution is -2.50. The molecule has 1 amide bonds. The average molecular weight is 498 g/mol. The molecule has 1 aliphatic rings. The molecule has 10 heteroatoms. The molecule has 0 atom stereocenters. The summed E-state index contributed by atoms with van der Waals surface area (Å²) in [6, 6.07) is 17.4. The van der Waals surface area contributed by atoms with Crippen molar-refractivity contribution in [1.29, 1.82) is 0 Å². The van der Waals surface area contributed by atoms with Gasteiger partial charge in [0, 0.05) is 50.1 Å². The van der Waals surface area contributed by atoms with Crippen LogP contribution in [-0.4, -0.2) is 68.9 Å². The van der Waals surface area contributed by atoms with Gasteiger partial charge in [-0.15, -0.1) is 0 Å². The molecule has 184 valence electrons. The molecular formula is C25H27N3O6S. The molecule has 1 aromatic heterocycles. The Balaban J connectivity index is 1.39. The summed E-state index contributed by atoms with van der Waals surface area (Å²) in [5, 5.41) is 0. The van der Waals surface area contributed by atoms with Gasteiger partial charge in [0.2, 0.25) is 15.9 Å². The van der Waals surface area contributed by atoms with Crippen molar-refractivity contribution < 1.29 is 27.4 Å². The number of pyridine rings is 1. The van der Waals surface area contributed by atoms with Crippen molar-refractivity contribution in [2.75, 3.05) is 40.4 Å². The Hall–Kier alpha value is -3.63. The summed E-state index contributed by atoms with van der Waals surface area (Å²) >= 11 is 0. The largest absolute Gasteiger partial charge is 0.493 e. The number of sulfonamides is 1. The van der Waals surface area contributed by atoms with Crippen LogP contribution in [0.1, 0.15) is 15.9 Å². The third kappa shape index (κ3) is 5.55. The Bertz CT molecular complexity index is 1280. The molecule has 2 aromatic carbocycles. The molecule has 4 rings (SSSR count). The minimum Gasteiger partial charge on any atom is -0.493 e. The highest BCUT2D eigenvalue weighted by Gasteiger charge is 2.31. The van der Waals surface area contributed by atoms with Gasteiger partial charge in [-0.3, -0.25) is 4.79 Å². The van der Waals surface area contributed by atoms with Crippen LogP contribution in [0.4, 0.5) is 0 Å². The summed E-state index contributed by atoms with van der Waals surface area (Å²) in [5.74, 6) is 0.950. The number of nitrogens with zero attached hydrogens (tertiary/aromatic N) is 3. The summed E-state index contributed by atoms with van der Waals surface area (Å²) < 4.78 is 43.8. The number of rotatable bonds is 8. The van der Waals surface area contributed by atoms with Crippen LogP contribution in [0, 0.1) is 0 Å². The van der Waals surface area contributed by atoms with Crippen LogP contribution in [0.25, 0.3) is 0 Å². The average Bonchev–Trinajstić information content (AvgIpc) is 2.91. The van der Waals surface area contributed by atoms with Crippen LogP contribution in [0.2, 0.25) is 0 Å². The van der Waals surface area contributed by atoms with Crippen LogP contribution in [0.3, 0.4) is 0 Å². The second-order valence-corrected chi connectivity index (χ2v) is 9.81. The van der Waals surface area contributed by atoms with Crippen LogP contribution in [0.15, 0.2) is 71.8 Å². The molecule has 0 spiro atoms. The molecule has 9 nitrogen and oxygen atoms in total. The summed E-state index contributed by atoms with van der Waals surface area (Å²) in [4.78, 5) is 19.0. The quantitative estimate of drug-likeness (QED) is 0.472. The van der Waals surface area contributed by atoms with Gasteiger partial charge < -0.3 is 19.1 Å². The van der Waals surface area contributed by atoms with Crippen LogP contribution in [0.5, 0.6) is 17.4 Å². The van der Waals surface area contributed by atoms with E-state index in [0.717, 1.165) is 5.56 Å². The van der Waals surface area contributed by atoms with Gasteiger partial charge in [-0.25, -0.2) is 13.4 Å². The third-order valence-corrected chi connectivity index (χ3v) is 7.62. The second-order valence-electron chi connectivity index (χ2n) is 7.87. The van der Waals surface area contributed by atoms with Gasteiger partial charge in [0.25, 0.3) is 5.91 Å². The monoisotopic (exact) mass is 497 g/mol. The first-order valence-electron chi connectivity index (χ1n) is 11.1. The number of hydrogen-bond acceptors (Lipinski definition) is 7. The van der Waals surface area contributed by atoms with Gasteiger partial charge >= 0.3 is 0 Å². The lowest BCUT2D eigenvalue weighted by atomic mass is 10.2. The van der Waals surface area contributed by atoms with Gasteiger partial charge in [0.05, 0.1) is 19.1 Å². The molecule has 1 fully saturated rings. The van der Waals surface area contributed by atoms with Crippen molar-refractivity contribution >= 4 is 15.9 Å². The first kappa shape index (κ1) is 24.5. The van der Waals surface area contributed by atoms with Gasteiger partial charge in [0.15, 0.2) is 11.5 Å². The van der Waals surface area contributed by atoms with Crippen LogP contribution in [-0.2, 0) is 16.6 Å². The Morgan fingerprint density at radius 2 is 1.63 bits per heavy atom. The second kappa shape index (κ2) is 10.7. The summed E-state index contributed by atoms with van der Waals surface area (Å²) in [6.07, 6.45) is 1.53. The Morgan fingerprint density at radius 3 is 2.31 bits per heavy atom. The van der Waals surface area contributed by atoms with Crippen molar-refractivity contribution in [3.63, 3.8) is 0 Å². The number of carbonyl (C=O) groups is 1. The molecule has 2 heterocycles. The van der Waals surface area contributed by atoms with Crippen LogP contribution < -0.4 is 14.2 Å². The number of piperazine rings is 1. The maximum absolute atomic E-state index is 13.1. The third-order valence-electron chi connectivity index (χ3n) is 5.73. The lowest BCUT2D eigenvalue weighted by Gasteiger charge is -2.34. The van der Waals surface area contributed by atoms with E-state index in [4.69, 9.17) is 14.2 Å². The van der Waals surface area contributed by atoms with Gasteiger partial charge in [-0.05, 0) is 23.8 Å². The van der Waals surface area contributed by atoms with E-state index in [1.54, 1.807) is 23.1 Å². The van der Waals surface area contributed by atoms with E-state index in [1.165, 1.54) is 36.9 Å². The molecule has 3 aromatic rings. The van der Waals surface area contributed by atoms with Crippen molar-refractivity contribution in [3.8, 4) is 17.4 Å². The maximum Gasteiger partial charge on any atom is 0.254 e. The van der Waals surface area contributed by atoms with Crippen molar-refractivity contribution in [2.24, 2.45) is 0 Å². The molecule has 0 radical (unpaired) electrons. The summed E-state index contributed by atoms with van der Waals surface area (Å²) in [7, 11) is -0.800. The van der Waals surface area contributed by atoms with Crippen molar-refractivity contribution in [2.45, 2.75) is 11.5 Å². The lowest BCUT2D eigenvalue weighted by molar-refractivity contribution is 0.0697. The normalized spacial score (nSPS) is 14.4. The topological polar surface area (TPSA) is 98.3 Å². The Labute approximate surface area is 204 Å².